The van der Waals surface area contributed by atoms with Crippen molar-refractivity contribution >= 4 is 17.4 Å². The third kappa shape index (κ3) is 4.98. The van der Waals surface area contributed by atoms with Crippen molar-refractivity contribution in [2.75, 3.05) is 24.9 Å². The third-order valence-electron chi connectivity index (χ3n) is 4.13. The largest absolute Gasteiger partial charge is 0.493 e. The van der Waals surface area contributed by atoms with Gasteiger partial charge in [0.25, 0.3) is 5.91 Å². The molecule has 8 heteroatoms. The van der Waals surface area contributed by atoms with Crippen molar-refractivity contribution in [1.29, 1.82) is 0 Å². The Bertz CT molecular complexity index is 1010. The molecule has 0 bridgehead atoms. The lowest BCUT2D eigenvalue weighted by Crippen LogP contribution is -2.13. The number of nitrogens with one attached hydrogen (secondary N) is 2. The van der Waals surface area contributed by atoms with Gasteiger partial charge < -0.3 is 20.1 Å². The Morgan fingerprint density at radius 1 is 1.00 bits per heavy atom. The summed E-state index contributed by atoms with van der Waals surface area (Å²) in [6, 6.07) is 11.7. The lowest BCUT2D eigenvalue weighted by atomic mass is 10.2. The molecule has 6 nitrogen and oxygen atoms in total. The highest BCUT2D eigenvalue weighted by atomic mass is 19.1. The predicted octanol–water partition coefficient (Wildman–Crippen LogP) is 4.24. The van der Waals surface area contributed by atoms with Gasteiger partial charge in [0.05, 0.1) is 25.5 Å². The van der Waals surface area contributed by atoms with Gasteiger partial charge in [-0.1, -0.05) is 6.07 Å². The first-order valence-corrected chi connectivity index (χ1v) is 8.67. The molecule has 1 aromatic heterocycles. The van der Waals surface area contributed by atoms with E-state index in [1.54, 1.807) is 26.4 Å². The normalized spacial score (nSPS) is 10.3. The van der Waals surface area contributed by atoms with Crippen molar-refractivity contribution in [2.45, 2.75) is 6.54 Å². The third-order valence-corrected chi connectivity index (χ3v) is 4.13. The maximum absolute atomic E-state index is 13.7. The molecule has 3 rings (SSSR count). The van der Waals surface area contributed by atoms with Gasteiger partial charge >= 0.3 is 0 Å². The van der Waals surface area contributed by atoms with Crippen LogP contribution in [0.2, 0.25) is 0 Å². The molecule has 150 valence electrons. The van der Waals surface area contributed by atoms with Crippen LogP contribution in [0, 0.1) is 11.6 Å². The number of halogens is 2. The highest BCUT2D eigenvalue weighted by Gasteiger charge is 2.11. The topological polar surface area (TPSA) is 72.5 Å². The van der Waals surface area contributed by atoms with Crippen molar-refractivity contribution in [1.82, 2.24) is 4.98 Å². The second kappa shape index (κ2) is 9.01. The molecule has 0 spiro atoms. The molecule has 0 fully saturated rings. The molecule has 0 atom stereocenters. The first kappa shape index (κ1) is 20.1. The monoisotopic (exact) mass is 399 g/mol. The zero-order valence-electron chi connectivity index (χ0n) is 15.8. The number of rotatable bonds is 7. The number of benzene rings is 2. The minimum atomic E-state index is -0.848. The van der Waals surface area contributed by atoms with Crippen molar-refractivity contribution in [3.05, 3.63) is 77.5 Å². The number of anilines is 2. The van der Waals surface area contributed by atoms with E-state index >= 15 is 0 Å². The smallest absolute Gasteiger partial charge is 0.257 e. The van der Waals surface area contributed by atoms with Gasteiger partial charge in [0.1, 0.15) is 17.5 Å². The van der Waals surface area contributed by atoms with Gasteiger partial charge in [0.15, 0.2) is 11.5 Å². The number of hydrogen-bond acceptors (Lipinski definition) is 5. The first-order valence-electron chi connectivity index (χ1n) is 8.67. The SMILES string of the molecule is COc1ccc(CNc2ccc(C(=O)Nc3ccc(F)cc3F)cn2)cc1OC. The summed E-state index contributed by atoms with van der Waals surface area (Å²) in [7, 11) is 3.14. The van der Waals surface area contributed by atoms with E-state index in [1.807, 2.05) is 18.2 Å². The fourth-order valence-electron chi connectivity index (χ4n) is 2.60. The summed E-state index contributed by atoms with van der Waals surface area (Å²) in [5.41, 5.74) is 1.09. The van der Waals surface area contributed by atoms with Gasteiger partial charge in [-0.05, 0) is 42.0 Å². The van der Waals surface area contributed by atoms with Gasteiger partial charge in [-0.2, -0.15) is 0 Å². The Hall–Kier alpha value is -3.68. The van der Waals surface area contributed by atoms with Crippen LogP contribution in [0.5, 0.6) is 11.5 Å². The molecular formula is C21H19F2N3O3. The number of nitrogens with zero attached hydrogens (tertiary/aromatic N) is 1. The van der Waals surface area contributed by atoms with E-state index in [2.05, 4.69) is 15.6 Å². The van der Waals surface area contributed by atoms with Crippen molar-refractivity contribution in [3.8, 4) is 11.5 Å². The summed E-state index contributed by atoms with van der Waals surface area (Å²) in [5, 5.41) is 5.53. The predicted molar refractivity (Wildman–Crippen MR) is 105 cm³/mol. The molecule has 29 heavy (non-hydrogen) atoms. The summed E-state index contributed by atoms with van der Waals surface area (Å²) >= 11 is 0. The maximum Gasteiger partial charge on any atom is 0.257 e. The van der Waals surface area contributed by atoms with Crippen LogP contribution in [0.1, 0.15) is 15.9 Å². The fraction of sp³-hybridized carbons (Fsp3) is 0.143. The van der Waals surface area contributed by atoms with Gasteiger partial charge in [-0.25, -0.2) is 13.8 Å². The number of carbonyl (C=O) groups is 1. The molecule has 0 aliphatic heterocycles. The molecule has 0 saturated heterocycles. The van der Waals surface area contributed by atoms with Crippen LogP contribution in [0.4, 0.5) is 20.3 Å². The quantitative estimate of drug-likeness (QED) is 0.622. The van der Waals surface area contributed by atoms with Crippen LogP contribution in [-0.4, -0.2) is 25.1 Å². The minimum absolute atomic E-state index is 0.105. The summed E-state index contributed by atoms with van der Waals surface area (Å²) < 4.78 is 37.1. The number of methoxy groups -OCH3 is 2. The molecule has 2 aromatic carbocycles. The molecule has 1 amide bonds. The lowest BCUT2D eigenvalue weighted by Gasteiger charge is -2.11. The molecule has 0 aliphatic rings. The van der Waals surface area contributed by atoms with Crippen LogP contribution in [0.25, 0.3) is 0 Å². The van der Waals surface area contributed by atoms with E-state index < -0.39 is 17.5 Å². The van der Waals surface area contributed by atoms with Gasteiger partial charge in [-0.3, -0.25) is 4.79 Å². The van der Waals surface area contributed by atoms with Crippen LogP contribution in [0.15, 0.2) is 54.7 Å². The molecular weight excluding hydrogens is 380 g/mol. The van der Waals surface area contributed by atoms with E-state index in [-0.39, 0.29) is 11.3 Å². The second-order valence-electron chi connectivity index (χ2n) is 6.05. The number of ether oxygens (including phenoxy) is 2. The fourth-order valence-corrected chi connectivity index (χ4v) is 2.60. The van der Waals surface area contributed by atoms with Gasteiger partial charge in [0.2, 0.25) is 0 Å². The zero-order chi connectivity index (χ0) is 20.8. The highest BCUT2D eigenvalue weighted by Crippen LogP contribution is 2.27. The molecule has 0 radical (unpaired) electrons. The standard InChI is InChI=1S/C21H19F2N3O3/c1-28-18-7-3-13(9-19(18)29-2)11-24-20-8-4-14(12-25-20)21(27)26-17-6-5-15(22)10-16(17)23/h3-10,12H,11H2,1-2H3,(H,24,25)(H,26,27). The van der Waals surface area contributed by atoms with E-state index in [0.29, 0.717) is 29.9 Å². The van der Waals surface area contributed by atoms with Crippen LogP contribution in [-0.2, 0) is 6.54 Å². The molecule has 1 heterocycles. The van der Waals surface area contributed by atoms with Crippen LogP contribution >= 0.6 is 0 Å². The summed E-state index contributed by atoms with van der Waals surface area (Å²) in [6.45, 7) is 0.486. The molecule has 0 saturated carbocycles. The summed E-state index contributed by atoms with van der Waals surface area (Å²) in [4.78, 5) is 16.4. The van der Waals surface area contributed by atoms with Crippen molar-refractivity contribution in [2.24, 2.45) is 0 Å². The summed E-state index contributed by atoms with van der Waals surface area (Å²) in [6.07, 6.45) is 1.37. The average Bonchev–Trinajstić information content (AvgIpc) is 2.74. The number of carbonyl (C=O) groups excluding carboxylic acids is 1. The number of aromatic nitrogens is 1. The summed E-state index contributed by atoms with van der Waals surface area (Å²) in [5.74, 6) is -0.285. The first-order chi connectivity index (χ1) is 14.0. The number of hydrogen-bond donors (Lipinski definition) is 2. The molecule has 0 aliphatic carbocycles. The van der Waals surface area contributed by atoms with Crippen LogP contribution < -0.4 is 20.1 Å². The van der Waals surface area contributed by atoms with E-state index in [4.69, 9.17) is 9.47 Å². The Morgan fingerprint density at radius 3 is 2.45 bits per heavy atom. The lowest BCUT2D eigenvalue weighted by molar-refractivity contribution is 0.102. The Morgan fingerprint density at radius 2 is 1.79 bits per heavy atom. The Labute approximate surface area is 166 Å². The second-order valence-corrected chi connectivity index (χ2v) is 6.05. The highest BCUT2D eigenvalue weighted by molar-refractivity contribution is 6.04. The van der Waals surface area contributed by atoms with Gasteiger partial charge in [-0.15, -0.1) is 0 Å². The molecule has 3 aromatic rings. The van der Waals surface area contributed by atoms with E-state index in [0.717, 1.165) is 17.7 Å². The van der Waals surface area contributed by atoms with Gasteiger partial charge in [0, 0.05) is 18.8 Å². The Balaban J connectivity index is 1.62. The van der Waals surface area contributed by atoms with E-state index in [9.17, 15) is 13.6 Å². The van der Waals surface area contributed by atoms with Crippen LogP contribution in [0.3, 0.4) is 0 Å². The van der Waals surface area contributed by atoms with Crippen molar-refractivity contribution < 1.29 is 23.0 Å². The number of pyridine rings is 1. The van der Waals surface area contributed by atoms with Crippen molar-refractivity contribution in [3.63, 3.8) is 0 Å². The van der Waals surface area contributed by atoms with E-state index in [1.165, 1.54) is 6.20 Å². The average molecular weight is 399 g/mol. The zero-order valence-corrected chi connectivity index (χ0v) is 15.8. The number of amides is 1. The minimum Gasteiger partial charge on any atom is -0.493 e. The maximum atomic E-state index is 13.7. The molecule has 0 unspecified atom stereocenters. The Kier molecular flexibility index (Phi) is 6.23. The molecule has 2 N–H and O–H groups in total.